The first-order valence-corrected chi connectivity index (χ1v) is 10.5. The quantitative estimate of drug-likeness (QED) is 0.426. The standard InChI is InChI=1S/C24H23N5O2/c30-24(29-14-13-25-15-29)31-16-26-23-22-20(7-4-8-21(22)27-28-23)19-11-9-18(10-12-19)17-5-2-1-3-6-17/h4-5,7-15H,1-3,6,16H2,(H2,26,27,28). The summed E-state index contributed by atoms with van der Waals surface area (Å²) in [6.45, 7) is -0.00159. The lowest BCUT2D eigenvalue weighted by atomic mass is 9.92. The van der Waals surface area contributed by atoms with E-state index in [0.29, 0.717) is 5.82 Å². The van der Waals surface area contributed by atoms with Crippen molar-refractivity contribution in [2.75, 3.05) is 12.0 Å². The van der Waals surface area contributed by atoms with Gasteiger partial charge in [0.2, 0.25) is 0 Å². The van der Waals surface area contributed by atoms with Gasteiger partial charge in [-0.05, 0) is 54.0 Å². The van der Waals surface area contributed by atoms with Gasteiger partial charge in [0.05, 0.1) is 10.9 Å². The number of nitrogens with zero attached hydrogens (tertiary/aromatic N) is 3. The fraction of sp³-hybridized carbons (Fsp3) is 0.208. The maximum absolute atomic E-state index is 12.0. The van der Waals surface area contributed by atoms with Crippen LogP contribution in [0.4, 0.5) is 10.6 Å². The average Bonchev–Trinajstić information content (AvgIpc) is 3.50. The lowest BCUT2D eigenvalue weighted by molar-refractivity contribution is 0.155. The van der Waals surface area contributed by atoms with E-state index < -0.39 is 6.09 Å². The van der Waals surface area contributed by atoms with Crippen LogP contribution in [0.15, 0.2) is 67.3 Å². The molecule has 0 aliphatic heterocycles. The van der Waals surface area contributed by atoms with Gasteiger partial charge in [0, 0.05) is 12.4 Å². The highest BCUT2D eigenvalue weighted by molar-refractivity contribution is 6.02. The summed E-state index contributed by atoms with van der Waals surface area (Å²) in [6.07, 6.45) is 11.2. The minimum absolute atomic E-state index is 0.00159. The highest BCUT2D eigenvalue weighted by Crippen LogP contribution is 2.34. The molecule has 1 aliphatic rings. The second-order valence-corrected chi connectivity index (χ2v) is 7.55. The Kier molecular flexibility index (Phi) is 5.22. The number of anilines is 1. The van der Waals surface area contributed by atoms with Gasteiger partial charge in [0.25, 0.3) is 0 Å². The number of imidazole rings is 1. The Balaban J connectivity index is 1.37. The molecule has 7 heteroatoms. The van der Waals surface area contributed by atoms with Gasteiger partial charge >= 0.3 is 6.09 Å². The van der Waals surface area contributed by atoms with Crippen molar-refractivity contribution in [3.8, 4) is 11.1 Å². The first kappa shape index (κ1) is 19.1. The lowest BCUT2D eigenvalue weighted by Gasteiger charge is -2.14. The summed E-state index contributed by atoms with van der Waals surface area (Å²) >= 11 is 0. The summed E-state index contributed by atoms with van der Waals surface area (Å²) in [4.78, 5) is 15.8. The van der Waals surface area contributed by atoms with E-state index in [0.717, 1.165) is 28.5 Å². The lowest BCUT2D eigenvalue weighted by Crippen LogP contribution is -2.17. The number of fused-ring (bicyclic) bond motifs is 1. The molecule has 4 aromatic rings. The Labute approximate surface area is 179 Å². The minimum Gasteiger partial charge on any atom is -0.428 e. The normalized spacial score (nSPS) is 13.7. The molecule has 2 aromatic carbocycles. The number of hydrogen-bond donors (Lipinski definition) is 2. The number of allylic oxidation sites excluding steroid dienone is 2. The molecule has 0 saturated carbocycles. The van der Waals surface area contributed by atoms with Gasteiger partial charge in [-0.2, -0.15) is 5.10 Å². The molecule has 7 nitrogen and oxygen atoms in total. The number of carbonyl (C=O) groups is 1. The van der Waals surface area contributed by atoms with Crippen LogP contribution in [-0.2, 0) is 4.74 Å². The highest BCUT2D eigenvalue weighted by atomic mass is 16.6. The highest BCUT2D eigenvalue weighted by Gasteiger charge is 2.13. The SMILES string of the molecule is O=C(OCNc1n[nH]c2cccc(-c3ccc(C4=CCCCC4)cc3)c12)n1ccnc1. The minimum atomic E-state index is -0.502. The summed E-state index contributed by atoms with van der Waals surface area (Å²) in [6, 6.07) is 14.8. The number of hydrogen-bond acceptors (Lipinski definition) is 5. The molecule has 156 valence electrons. The van der Waals surface area contributed by atoms with E-state index in [-0.39, 0.29) is 6.73 Å². The van der Waals surface area contributed by atoms with Gasteiger partial charge in [0.1, 0.15) is 6.33 Å². The van der Waals surface area contributed by atoms with Gasteiger partial charge in [-0.25, -0.2) is 14.3 Å². The zero-order valence-corrected chi connectivity index (χ0v) is 17.0. The van der Waals surface area contributed by atoms with Crippen molar-refractivity contribution >= 4 is 28.4 Å². The third kappa shape index (κ3) is 3.94. The number of benzene rings is 2. The molecule has 0 atom stereocenters. The Morgan fingerprint density at radius 1 is 1.13 bits per heavy atom. The van der Waals surface area contributed by atoms with Crippen LogP contribution < -0.4 is 5.32 Å². The molecule has 0 amide bonds. The first-order chi connectivity index (χ1) is 15.3. The maximum Gasteiger partial charge on any atom is 0.420 e. The van der Waals surface area contributed by atoms with Crippen LogP contribution in [0.25, 0.3) is 27.6 Å². The van der Waals surface area contributed by atoms with Crippen LogP contribution in [0.1, 0.15) is 31.2 Å². The second-order valence-electron chi connectivity index (χ2n) is 7.55. The molecule has 0 bridgehead atoms. The summed E-state index contributed by atoms with van der Waals surface area (Å²) in [5.74, 6) is 0.642. The summed E-state index contributed by atoms with van der Waals surface area (Å²) in [5, 5.41) is 11.5. The van der Waals surface area contributed by atoms with Crippen LogP contribution in [-0.4, -0.2) is 32.6 Å². The van der Waals surface area contributed by atoms with E-state index in [1.54, 1.807) is 0 Å². The zero-order chi connectivity index (χ0) is 21.0. The fourth-order valence-electron chi connectivity index (χ4n) is 4.01. The fourth-order valence-corrected chi connectivity index (χ4v) is 4.01. The molecule has 0 spiro atoms. The maximum atomic E-state index is 12.0. The number of rotatable bonds is 5. The number of ether oxygens (including phenoxy) is 1. The van der Waals surface area contributed by atoms with Gasteiger partial charge in [-0.3, -0.25) is 5.10 Å². The van der Waals surface area contributed by atoms with Crippen molar-refractivity contribution in [1.29, 1.82) is 0 Å². The molecule has 2 aromatic heterocycles. The van der Waals surface area contributed by atoms with Crippen molar-refractivity contribution < 1.29 is 9.53 Å². The number of aromatic nitrogens is 4. The first-order valence-electron chi connectivity index (χ1n) is 10.5. The van der Waals surface area contributed by atoms with E-state index in [4.69, 9.17) is 4.74 Å². The molecule has 0 radical (unpaired) electrons. The van der Waals surface area contributed by atoms with Gasteiger partial charge in [-0.15, -0.1) is 0 Å². The predicted octanol–water partition coefficient (Wildman–Crippen LogP) is 5.44. The average molecular weight is 413 g/mol. The number of H-pyrrole nitrogens is 1. The summed E-state index contributed by atoms with van der Waals surface area (Å²) < 4.78 is 6.53. The van der Waals surface area contributed by atoms with E-state index in [2.05, 4.69) is 56.9 Å². The van der Waals surface area contributed by atoms with E-state index in [1.807, 2.05) is 12.1 Å². The molecule has 1 aliphatic carbocycles. The van der Waals surface area contributed by atoms with Gasteiger partial charge in [-0.1, -0.05) is 42.5 Å². The number of carbonyl (C=O) groups excluding carboxylic acids is 1. The molecule has 0 unspecified atom stereocenters. The van der Waals surface area contributed by atoms with Gasteiger partial charge in [0.15, 0.2) is 12.5 Å². The van der Waals surface area contributed by atoms with Crippen LogP contribution >= 0.6 is 0 Å². The molecule has 2 heterocycles. The van der Waals surface area contributed by atoms with Crippen LogP contribution in [0.5, 0.6) is 0 Å². The van der Waals surface area contributed by atoms with E-state index in [9.17, 15) is 4.79 Å². The molecular formula is C24H23N5O2. The topological polar surface area (TPSA) is 84.8 Å². The van der Waals surface area contributed by atoms with Crippen molar-refractivity contribution in [2.45, 2.75) is 25.7 Å². The van der Waals surface area contributed by atoms with E-state index in [1.165, 1.54) is 53.7 Å². The van der Waals surface area contributed by atoms with Crippen molar-refractivity contribution in [3.05, 3.63) is 72.8 Å². The van der Waals surface area contributed by atoms with Crippen molar-refractivity contribution in [1.82, 2.24) is 19.7 Å². The second kappa shape index (κ2) is 8.47. The number of aromatic amines is 1. The molecule has 0 saturated heterocycles. The summed E-state index contributed by atoms with van der Waals surface area (Å²) in [7, 11) is 0. The van der Waals surface area contributed by atoms with E-state index >= 15 is 0 Å². The third-order valence-corrected chi connectivity index (χ3v) is 5.60. The predicted molar refractivity (Wildman–Crippen MR) is 121 cm³/mol. The molecule has 5 rings (SSSR count). The zero-order valence-electron chi connectivity index (χ0n) is 17.0. The summed E-state index contributed by atoms with van der Waals surface area (Å²) in [5.41, 5.74) is 5.85. The number of nitrogens with one attached hydrogen (secondary N) is 2. The molecular weight excluding hydrogens is 390 g/mol. The van der Waals surface area contributed by atoms with Crippen molar-refractivity contribution in [2.24, 2.45) is 0 Å². The van der Waals surface area contributed by atoms with Crippen LogP contribution in [0, 0.1) is 0 Å². The largest absolute Gasteiger partial charge is 0.428 e. The molecule has 0 fully saturated rings. The Morgan fingerprint density at radius 3 is 2.77 bits per heavy atom. The van der Waals surface area contributed by atoms with Gasteiger partial charge < -0.3 is 10.1 Å². The smallest absolute Gasteiger partial charge is 0.420 e. The third-order valence-electron chi connectivity index (χ3n) is 5.60. The Morgan fingerprint density at radius 2 is 2.00 bits per heavy atom. The van der Waals surface area contributed by atoms with Crippen molar-refractivity contribution in [3.63, 3.8) is 0 Å². The molecule has 31 heavy (non-hydrogen) atoms. The Bertz CT molecular complexity index is 1220. The monoisotopic (exact) mass is 413 g/mol. The molecule has 2 N–H and O–H groups in total. The Hall–Kier alpha value is -3.87. The van der Waals surface area contributed by atoms with Crippen LogP contribution in [0.3, 0.4) is 0 Å². The van der Waals surface area contributed by atoms with Crippen LogP contribution in [0.2, 0.25) is 0 Å².